The number of aromatic hydroxyl groups is 1. The van der Waals surface area contributed by atoms with Gasteiger partial charge in [-0.15, -0.1) is 0 Å². The molecule has 4 nitrogen and oxygen atoms in total. The van der Waals surface area contributed by atoms with E-state index in [1.54, 1.807) is 22.9 Å². The van der Waals surface area contributed by atoms with Gasteiger partial charge in [0.05, 0.1) is 0 Å². The first-order chi connectivity index (χ1) is 7.11. The topological polar surface area (TPSA) is 53.2 Å². The first-order valence-corrected chi connectivity index (χ1v) is 5.09. The molecule has 0 aliphatic rings. The second-order valence-electron chi connectivity index (χ2n) is 3.61. The van der Waals surface area contributed by atoms with Gasteiger partial charge in [0.1, 0.15) is 0 Å². The van der Waals surface area contributed by atoms with E-state index in [-0.39, 0.29) is 24.2 Å². The molecule has 0 fully saturated rings. The molecule has 82 valence electrons. The Balaban J connectivity index is 2.51. The number of hydrogen-bond donors (Lipinski definition) is 2. The average Bonchev–Trinajstić information content (AvgIpc) is 2.17. The van der Waals surface area contributed by atoms with Crippen LogP contribution in [0.5, 0.6) is 5.75 Å². The first kappa shape index (κ1) is 11.5. The number of nitrogens with zero attached hydrogens (tertiary/aromatic N) is 1. The zero-order valence-electron chi connectivity index (χ0n) is 9.10. The van der Waals surface area contributed by atoms with E-state index in [9.17, 15) is 9.90 Å². The fourth-order valence-corrected chi connectivity index (χ4v) is 1.19. The number of nitrogens with one attached hydrogen (secondary N) is 1. The fourth-order valence-electron chi connectivity index (χ4n) is 1.19. The Kier molecular flexibility index (Phi) is 4.09. The number of rotatable bonds is 4. The van der Waals surface area contributed by atoms with Crippen molar-refractivity contribution >= 4 is 5.91 Å². The van der Waals surface area contributed by atoms with Crippen LogP contribution in [0.1, 0.15) is 20.3 Å². The zero-order valence-corrected chi connectivity index (χ0v) is 9.10. The molecule has 1 heterocycles. The minimum atomic E-state index is -0.0417. The van der Waals surface area contributed by atoms with Crippen molar-refractivity contribution in [1.29, 1.82) is 0 Å². The van der Waals surface area contributed by atoms with Gasteiger partial charge in [-0.05, 0) is 19.4 Å². The number of aromatic nitrogens is 1. The molecule has 0 bridgehead atoms. The molecule has 4 heteroatoms. The normalized spacial score (nSPS) is 12.1. The van der Waals surface area contributed by atoms with Gasteiger partial charge in [-0.2, -0.15) is 4.57 Å². The quantitative estimate of drug-likeness (QED) is 0.713. The third-order valence-corrected chi connectivity index (χ3v) is 2.19. The number of carbonyl (C=O) groups excluding carboxylic acids is 1. The van der Waals surface area contributed by atoms with E-state index in [1.165, 1.54) is 6.20 Å². The summed E-state index contributed by atoms with van der Waals surface area (Å²) in [6.45, 7) is 4.22. The first-order valence-electron chi connectivity index (χ1n) is 5.09. The molecular formula is C11H17N2O2+. The Bertz CT molecular complexity index is 339. The Morgan fingerprint density at radius 3 is 3.00 bits per heavy atom. The van der Waals surface area contributed by atoms with Crippen LogP contribution in [-0.4, -0.2) is 17.1 Å². The van der Waals surface area contributed by atoms with Crippen LogP contribution in [0, 0.1) is 0 Å². The van der Waals surface area contributed by atoms with Crippen LogP contribution in [0.25, 0.3) is 0 Å². The Morgan fingerprint density at radius 2 is 2.40 bits per heavy atom. The van der Waals surface area contributed by atoms with Crippen molar-refractivity contribution in [2.24, 2.45) is 0 Å². The number of pyridine rings is 1. The highest BCUT2D eigenvalue weighted by atomic mass is 16.3. The van der Waals surface area contributed by atoms with Crippen molar-refractivity contribution in [3.63, 3.8) is 0 Å². The van der Waals surface area contributed by atoms with E-state index in [0.717, 1.165) is 6.42 Å². The molecular weight excluding hydrogens is 192 g/mol. The van der Waals surface area contributed by atoms with E-state index in [4.69, 9.17) is 0 Å². The molecule has 1 rings (SSSR count). The van der Waals surface area contributed by atoms with Crippen LogP contribution in [0.3, 0.4) is 0 Å². The monoisotopic (exact) mass is 209 g/mol. The molecule has 0 saturated carbocycles. The summed E-state index contributed by atoms with van der Waals surface area (Å²) in [6, 6.07) is 3.46. The average molecular weight is 209 g/mol. The second-order valence-corrected chi connectivity index (χ2v) is 3.61. The van der Waals surface area contributed by atoms with Gasteiger partial charge in [0.15, 0.2) is 11.9 Å². The second kappa shape index (κ2) is 5.34. The molecule has 1 atom stereocenters. The number of amides is 1. The molecule has 0 unspecified atom stereocenters. The predicted molar refractivity (Wildman–Crippen MR) is 56.2 cm³/mol. The van der Waals surface area contributed by atoms with Crippen LogP contribution in [0.2, 0.25) is 0 Å². The summed E-state index contributed by atoms with van der Waals surface area (Å²) in [5, 5.41) is 12.1. The van der Waals surface area contributed by atoms with Gasteiger partial charge in [-0.3, -0.25) is 4.79 Å². The summed E-state index contributed by atoms with van der Waals surface area (Å²) >= 11 is 0. The standard InChI is InChI=1S/C11H16N2O2/c1-3-9(2)12-11(15)8-13-6-4-5-10(14)7-13/h4-7,9H,3,8H2,1-2H3,(H-,12,14,15)/p+1/t9-/m1/s1. The maximum absolute atomic E-state index is 11.5. The Labute approximate surface area is 89.6 Å². The molecule has 1 aromatic rings. The third-order valence-electron chi connectivity index (χ3n) is 2.19. The molecule has 0 aliphatic carbocycles. The summed E-state index contributed by atoms with van der Waals surface area (Å²) in [6.07, 6.45) is 4.18. The fraction of sp³-hybridized carbons (Fsp3) is 0.455. The van der Waals surface area contributed by atoms with Gasteiger partial charge in [0.25, 0.3) is 5.91 Å². The van der Waals surface area contributed by atoms with Gasteiger partial charge >= 0.3 is 0 Å². The molecule has 15 heavy (non-hydrogen) atoms. The van der Waals surface area contributed by atoms with Crippen LogP contribution < -0.4 is 9.88 Å². The maximum Gasteiger partial charge on any atom is 0.286 e. The summed E-state index contributed by atoms with van der Waals surface area (Å²) < 4.78 is 1.65. The van der Waals surface area contributed by atoms with E-state index >= 15 is 0 Å². The Hall–Kier alpha value is -1.58. The summed E-state index contributed by atoms with van der Waals surface area (Å²) in [7, 11) is 0. The minimum absolute atomic E-state index is 0.0417. The minimum Gasteiger partial charge on any atom is -0.503 e. The highest BCUT2D eigenvalue weighted by Crippen LogP contribution is 1.99. The van der Waals surface area contributed by atoms with Gasteiger partial charge in [-0.25, -0.2) is 0 Å². The van der Waals surface area contributed by atoms with Crippen LogP contribution in [0.15, 0.2) is 24.5 Å². The molecule has 0 spiro atoms. The van der Waals surface area contributed by atoms with Crippen LogP contribution in [-0.2, 0) is 11.3 Å². The van der Waals surface area contributed by atoms with Gasteiger partial charge < -0.3 is 10.4 Å². The van der Waals surface area contributed by atoms with Crippen molar-refractivity contribution < 1.29 is 14.5 Å². The predicted octanol–water partition coefficient (Wildman–Crippen LogP) is 0.594. The molecule has 0 radical (unpaired) electrons. The Morgan fingerprint density at radius 1 is 1.67 bits per heavy atom. The van der Waals surface area contributed by atoms with Crippen molar-refractivity contribution in [2.75, 3.05) is 0 Å². The molecule has 1 aromatic heterocycles. The number of carbonyl (C=O) groups is 1. The smallest absolute Gasteiger partial charge is 0.286 e. The highest BCUT2D eigenvalue weighted by Gasteiger charge is 2.11. The SMILES string of the molecule is CC[C@@H](C)NC(=O)C[n+]1cccc(O)c1. The van der Waals surface area contributed by atoms with Crippen molar-refractivity contribution in [3.05, 3.63) is 24.5 Å². The van der Waals surface area contributed by atoms with Gasteiger partial charge in [0, 0.05) is 12.1 Å². The van der Waals surface area contributed by atoms with Gasteiger partial charge in [-0.1, -0.05) is 6.92 Å². The molecule has 0 saturated heterocycles. The van der Waals surface area contributed by atoms with Crippen LogP contribution >= 0.6 is 0 Å². The molecule has 0 aliphatic heterocycles. The van der Waals surface area contributed by atoms with Gasteiger partial charge in [0.2, 0.25) is 12.7 Å². The lowest BCUT2D eigenvalue weighted by Crippen LogP contribution is -2.44. The highest BCUT2D eigenvalue weighted by molar-refractivity contribution is 5.74. The lowest BCUT2D eigenvalue weighted by atomic mass is 10.2. The molecule has 0 aromatic carbocycles. The molecule has 2 N–H and O–H groups in total. The maximum atomic E-state index is 11.5. The zero-order chi connectivity index (χ0) is 11.3. The van der Waals surface area contributed by atoms with Crippen molar-refractivity contribution in [1.82, 2.24) is 5.32 Å². The summed E-state index contributed by atoms with van der Waals surface area (Å²) in [5.74, 6) is 0.119. The van der Waals surface area contributed by atoms with E-state index in [2.05, 4.69) is 5.32 Å². The van der Waals surface area contributed by atoms with Crippen LogP contribution in [0.4, 0.5) is 0 Å². The van der Waals surface area contributed by atoms with E-state index < -0.39 is 0 Å². The lowest BCUT2D eigenvalue weighted by molar-refractivity contribution is -0.684. The van der Waals surface area contributed by atoms with Crippen molar-refractivity contribution in [2.45, 2.75) is 32.9 Å². The number of hydrogen-bond acceptors (Lipinski definition) is 2. The van der Waals surface area contributed by atoms with Crippen molar-refractivity contribution in [3.8, 4) is 5.75 Å². The largest absolute Gasteiger partial charge is 0.503 e. The third kappa shape index (κ3) is 3.97. The van der Waals surface area contributed by atoms with E-state index in [1.807, 2.05) is 13.8 Å². The molecule has 1 amide bonds. The lowest BCUT2D eigenvalue weighted by Gasteiger charge is -2.09. The summed E-state index contributed by atoms with van der Waals surface area (Å²) in [5.41, 5.74) is 0. The van der Waals surface area contributed by atoms with E-state index in [0.29, 0.717) is 0 Å². The summed E-state index contributed by atoms with van der Waals surface area (Å²) in [4.78, 5) is 11.5.